The van der Waals surface area contributed by atoms with E-state index in [1.807, 2.05) is 6.92 Å². The van der Waals surface area contributed by atoms with Gasteiger partial charge in [-0.05, 0) is 13.3 Å². The number of unbranched alkanes of at least 4 members (excludes halogenated alkanes) is 4. The minimum Gasteiger partial charge on any atom is -0.309 e. The third-order valence-corrected chi connectivity index (χ3v) is 2.36. The van der Waals surface area contributed by atoms with E-state index >= 15 is 0 Å². The highest BCUT2D eigenvalue weighted by molar-refractivity contribution is 4.61. The first-order valence-corrected chi connectivity index (χ1v) is 5.68. The second-order valence-electron chi connectivity index (χ2n) is 3.90. The number of hydrogen-bond acceptors (Lipinski definition) is 1. The Kier molecular flexibility index (Phi) is 9.26. The Labute approximate surface area is 86.3 Å². The maximum absolute atomic E-state index is 11.8. The molecule has 1 unspecified atom stereocenters. The van der Waals surface area contributed by atoms with Crippen LogP contribution < -0.4 is 5.32 Å². The molecule has 1 atom stereocenters. The highest BCUT2D eigenvalue weighted by atomic mass is 19.3. The normalized spacial score (nSPS) is 13.5. The summed E-state index contributed by atoms with van der Waals surface area (Å²) in [5, 5.41) is 2.82. The maximum atomic E-state index is 11.8. The van der Waals surface area contributed by atoms with Crippen LogP contribution in [0.15, 0.2) is 0 Å². The quantitative estimate of drug-likeness (QED) is 0.570. The molecule has 0 aliphatic carbocycles. The molecule has 0 saturated heterocycles. The first kappa shape index (κ1) is 13.8. The molecule has 0 aromatic heterocycles. The number of alkyl halides is 2. The van der Waals surface area contributed by atoms with Crippen LogP contribution in [0.1, 0.15) is 52.4 Å². The molecule has 0 rings (SSSR count). The Hall–Kier alpha value is -0.180. The third kappa shape index (κ3) is 9.90. The molecule has 0 aliphatic heterocycles. The highest BCUT2D eigenvalue weighted by Gasteiger charge is 2.05. The molecule has 0 fully saturated rings. The molecular formula is C11H23F2N. The predicted octanol–water partition coefficient (Wildman–Crippen LogP) is 3.59. The number of hydrogen-bond donors (Lipinski definition) is 1. The summed E-state index contributed by atoms with van der Waals surface area (Å²) in [6.07, 6.45) is 4.98. The van der Waals surface area contributed by atoms with E-state index in [1.165, 1.54) is 25.7 Å². The molecule has 0 bridgehead atoms. The van der Waals surface area contributed by atoms with Crippen LogP contribution in [-0.4, -0.2) is 19.0 Å². The van der Waals surface area contributed by atoms with Crippen molar-refractivity contribution in [1.29, 1.82) is 0 Å². The molecule has 0 amide bonds. The second kappa shape index (κ2) is 9.38. The first-order valence-electron chi connectivity index (χ1n) is 5.68. The summed E-state index contributed by atoms with van der Waals surface area (Å²) in [6.45, 7) is 3.99. The zero-order valence-corrected chi connectivity index (χ0v) is 9.36. The third-order valence-electron chi connectivity index (χ3n) is 2.36. The minimum atomic E-state index is -2.22. The number of nitrogens with one attached hydrogen (secondary N) is 1. The van der Waals surface area contributed by atoms with Gasteiger partial charge in [0.05, 0.1) is 6.54 Å². The van der Waals surface area contributed by atoms with Gasteiger partial charge in [0.1, 0.15) is 0 Å². The van der Waals surface area contributed by atoms with Gasteiger partial charge in [0.2, 0.25) is 0 Å². The summed E-state index contributed by atoms with van der Waals surface area (Å²) in [7, 11) is 0. The molecule has 0 heterocycles. The average molecular weight is 207 g/mol. The van der Waals surface area contributed by atoms with Crippen molar-refractivity contribution in [2.45, 2.75) is 64.8 Å². The van der Waals surface area contributed by atoms with E-state index in [0.717, 1.165) is 12.8 Å². The highest BCUT2D eigenvalue weighted by Crippen LogP contribution is 2.07. The molecule has 0 saturated carbocycles. The van der Waals surface area contributed by atoms with Crippen LogP contribution in [0.5, 0.6) is 0 Å². The van der Waals surface area contributed by atoms with Gasteiger partial charge in [-0.15, -0.1) is 0 Å². The SMILES string of the molecule is CCCCCCCC(C)NCC(F)F. The van der Waals surface area contributed by atoms with E-state index in [-0.39, 0.29) is 12.6 Å². The van der Waals surface area contributed by atoms with Gasteiger partial charge in [-0.2, -0.15) is 0 Å². The van der Waals surface area contributed by atoms with Gasteiger partial charge in [0.25, 0.3) is 6.43 Å². The van der Waals surface area contributed by atoms with Crippen LogP contribution in [0.2, 0.25) is 0 Å². The molecule has 0 spiro atoms. The lowest BCUT2D eigenvalue weighted by molar-refractivity contribution is 0.141. The van der Waals surface area contributed by atoms with Crippen molar-refractivity contribution in [1.82, 2.24) is 5.32 Å². The van der Waals surface area contributed by atoms with Gasteiger partial charge < -0.3 is 5.32 Å². The molecule has 0 radical (unpaired) electrons. The maximum Gasteiger partial charge on any atom is 0.250 e. The lowest BCUT2D eigenvalue weighted by Crippen LogP contribution is -2.30. The Balaban J connectivity index is 3.14. The first-order chi connectivity index (χ1) is 6.66. The summed E-state index contributed by atoms with van der Waals surface area (Å²) in [4.78, 5) is 0. The summed E-state index contributed by atoms with van der Waals surface area (Å²) in [5.41, 5.74) is 0. The van der Waals surface area contributed by atoms with Crippen molar-refractivity contribution >= 4 is 0 Å². The minimum absolute atomic E-state index is 0.171. The largest absolute Gasteiger partial charge is 0.309 e. The standard InChI is InChI=1S/C11H23F2N/c1-3-4-5-6-7-8-10(2)14-9-11(12)13/h10-11,14H,3-9H2,1-2H3. The molecule has 0 aromatic rings. The van der Waals surface area contributed by atoms with E-state index in [9.17, 15) is 8.78 Å². The van der Waals surface area contributed by atoms with E-state index in [4.69, 9.17) is 0 Å². The van der Waals surface area contributed by atoms with Crippen molar-refractivity contribution in [2.75, 3.05) is 6.54 Å². The topological polar surface area (TPSA) is 12.0 Å². The van der Waals surface area contributed by atoms with Gasteiger partial charge in [0, 0.05) is 6.04 Å². The predicted molar refractivity (Wildman–Crippen MR) is 56.8 cm³/mol. The molecule has 1 nitrogen and oxygen atoms in total. The smallest absolute Gasteiger partial charge is 0.250 e. The average Bonchev–Trinajstić information content (AvgIpc) is 2.14. The van der Waals surface area contributed by atoms with Crippen LogP contribution in [0.25, 0.3) is 0 Å². The van der Waals surface area contributed by atoms with E-state index in [2.05, 4.69) is 12.2 Å². The lowest BCUT2D eigenvalue weighted by Gasteiger charge is -2.12. The van der Waals surface area contributed by atoms with Crippen LogP contribution >= 0.6 is 0 Å². The van der Waals surface area contributed by atoms with E-state index < -0.39 is 6.43 Å². The second-order valence-corrected chi connectivity index (χ2v) is 3.90. The van der Waals surface area contributed by atoms with Crippen molar-refractivity contribution in [3.05, 3.63) is 0 Å². The molecule has 14 heavy (non-hydrogen) atoms. The zero-order chi connectivity index (χ0) is 10.8. The fraction of sp³-hybridized carbons (Fsp3) is 1.00. The van der Waals surface area contributed by atoms with Crippen molar-refractivity contribution < 1.29 is 8.78 Å². The fourth-order valence-electron chi connectivity index (χ4n) is 1.45. The Morgan fingerprint density at radius 3 is 2.29 bits per heavy atom. The Morgan fingerprint density at radius 1 is 1.07 bits per heavy atom. The lowest BCUT2D eigenvalue weighted by atomic mass is 10.1. The molecule has 1 N–H and O–H groups in total. The zero-order valence-electron chi connectivity index (χ0n) is 9.36. The molecule has 0 aromatic carbocycles. The monoisotopic (exact) mass is 207 g/mol. The van der Waals surface area contributed by atoms with Gasteiger partial charge in [-0.1, -0.05) is 39.0 Å². The summed E-state index contributed by atoms with van der Waals surface area (Å²) in [5.74, 6) is 0. The Bertz CT molecular complexity index is 118. The van der Waals surface area contributed by atoms with Gasteiger partial charge in [0.15, 0.2) is 0 Å². The molecule has 86 valence electrons. The van der Waals surface area contributed by atoms with E-state index in [0.29, 0.717) is 0 Å². The summed E-state index contributed by atoms with van der Waals surface area (Å²) >= 11 is 0. The van der Waals surface area contributed by atoms with Crippen molar-refractivity contribution in [3.63, 3.8) is 0 Å². The Morgan fingerprint density at radius 2 is 1.71 bits per heavy atom. The van der Waals surface area contributed by atoms with Gasteiger partial charge in [-0.25, -0.2) is 8.78 Å². The number of halogens is 2. The van der Waals surface area contributed by atoms with Crippen LogP contribution in [0, 0.1) is 0 Å². The van der Waals surface area contributed by atoms with Crippen LogP contribution in [0.3, 0.4) is 0 Å². The summed E-state index contributed by atoms with van der Waals surface area (Å²) < 4.78 is 23.6. The number of rotatable bonds is 9. The molecular weight excluding hydrogens is 184 g/mol. The summed E-state index contributed by atoms with van der Waals surface area (Å²) in [6, 6.07) is 0.227. The van der Waals surface area contributed by atoms with Gasteiger partial charge >= 0.3 is 0 Å². The molecule has 0 aliphatic rings. The van der Waals surface area contributed by atoms with E-state index in [1.54, 1.807) is 0 Å². The van der Waals surface area contributed by atoms with Crippen LogP contribution in [0.4, 0.5) is 8.78 Å². The van der Waals surface area contributed by atoms with Crippen molar-refractivity contribution in [2.24, 2.45) is 0 Å². The molecule has 3 heteroatoms. The fourth-order valence-corrected chi connectivity index (χ4v) is 1.45. The van der Waals surface area contributed by atoms with Gasteiger partial charge in [-0.3, -0.25) is 0 Å². The van der Waals surface area contributed by atoms with Crippen molar-refractivity contribution in [3.8, 4) is 0 Å². The van der Waals surface area contributed by atoms with Crippen LogP contribution in [-0.2, 0) is 0 Å².